The zero-order valence-electron chi connectivity index (χ0n) is 16.2. The van der Waals surface area contributed by atoms with Gasteiger partial charge in [-0.25, -0.2) is 17.7 Å². The molecule has 0 aliphatic carbocycles. The molecule has 1 atom stereocenters. The molecule has 1 unspecified atom stereocenters. The summed E-state index contributed by atoms with van der Waals surface area (Å²) < 4.78 is 33.5. The van der Waals surface area contributed by atoms with E-state index < -0.39 is 10.0 Å². The third-order valence-electron chi connectivity index (χ3n) is 4.18. The molecule has 0 saturated heterocycles. The van der Waals surface area contributed by atoms with Crippen LogP contribution in [0.2, 0.25) is 0 Å². The summed E-state index contributed by atoms with van der Waals surface area (Å²) in [4.78, 5) is 6.94. The highest BCUT2D eigenvalue weighted by molar-refractivity contribution is 7.89. The third-order valence-corrected chi connectivity index (χ3v) is 7.73. The molecule has 9 heteroatoms. The number of hydrogen-bond donors (Lipinski definition) is 0. The lowest BCUT2D eigenvalue weighted by molar-refractivity contribution is 0.162. The summed E-state index contributed by atoms with van der Waals surface area (Å²) in [6.45, 7) is 2.64. The largest absolute Gasteiger partial charge is 0.383 e. The molecule has 0 bridgehead atoms. The Kier molecular flexibility index (Phi) is 6.51. The van der Waals surface area contributed by atoms with Gasteiger partial charge in [0.25, 0.3) is 0 Å². The lowest BCUT2D eigenvalue weighted by Gasteiger charge is -2.16. The van der Waals surface area contributed by atoms with Crippen molar-refractivity contribution in [2.45, 2.75) is 17.9 Å². The average molecular weight is 438 g/mol. The Hall–Kier alpha value is -1.78. The van der Waals surface area contributed by atoms with Crippen LogP contribution in [-0.4, -0.2) is 45.1 Å². The first kappa shape index (κ1) is 20.9. The summed E-state index contributed by atoms with van der Waals surface area (Å²) in [7, 11) is 1.22. The van der Waals surface area contributed by atoms with E-state index in [2.05, 4.69) is 22.9 Å². The van der Waals surface area contributed by atoms with Crippen molar-refractivity contribution in [3.05, 3.63) is 52.0 Å². The molecule has 0 aliphatic heterocycles. The number of sulfonamides is 1. The first-order valence-electron chi connectivity index (χ1n) is 8.64. The van der Waals surface area contributed by atoms with Crippen molar-refractivity contribution in [1.29, 1.82) is 0 Å². The monoisotopic (exact) mass is 437 g/mol. The minimum Gasteiger partial charge on any atom is -0.383 e. The molecule has 150 valence electrons. The van der Waals surface area contributed by atoms with Crippen LogP contribution in [0.4, 0.5) is 5.69 Å². The second kappa shape index (κ2) is 8.71. The fraction of sp³-hybridized carbons (Fsp3) is 0.316. The third kappa shape index (κ3) is 4.28. The quantitative estimate of drug-likeness (QED) is 0.562. The van der Waals surface area contributed by atoms with E-state index in [9.17, 15) is 8.42 Å². The Balaban J connectivity index is 2.13. The lowest BCUT2D eigenvalue weighted by Crippen LogP contribution is -2.23. The molecule has 3 rings (SSSR count). The van der Waals surface area contributed by atoms with Crippen molar-refractivity contribution < 1.29 is 13.2 Å². The molecular formula is C19H23N3O3S3. The molecule has 0 saturated carbocycles. The van der Waals surface area contributed by atoms with E-state index in [1.807, 2.05) is 17.5 Å². The van der Waals surface area contributed by atoms with Crippen LogP contribution >= 0.6 is 22.7 Å². The summed E-state index contributed by atoms with van der Waals surface area (Å²) in [5.41, 5.74) is 1.68. The van der Waals surface area contributed by atoms with Gasteiger partial charge in [0.15, 0.2) is 4.80 Å². The number of benzene rings is 1. The van der Waals surface area contributed by atoms with Crippen LogP contribution in [0.3, 0.4) is 0 Å². The Labute approximate surface area is 173 Å². The summed E-state index contributed by atoms with van der Waals surface area (Å²) >= 11 is 3.20. The maximum Gasteiger partial charge on any atom is 0.242 e. The highest BCUT2D eigenvalue weighted by atomic mass is 32.2. The zero-order chi connectivity index (χ0) is 20.3. The predicted octanol–water partition coefficient (Wildman–Crippen LogP) is 3.97. The number of thiazole rings is 1. The number of methoxy groups -OCH3 is 1. The number of thiophene rings is 1. The van der Waals surface area contributed by atoms with Gasteiger partial charge in [0.2, 0.25) is 10.0 Å². The van der Waals surface area contributed by atoms with Gasteiger partial charge in [-0.2, -0.15) is 0 Å². The summed E-state index contributed by atoms with van der Waals surface area (Å²) in [5, 5.41) is 4.13. The second-order valence-electron chi connectivity index (χ2n) is 6.45. The van der Waals surface area contributed by atoms with E-state index in [-0.39, 0.29) is 10.9 Å². The lowest BCUT2D eigenvalue weighted by atomic mass is 10.3. The van der Waals surface area contributed by atoms with Crippen molar-refractivity contribution in [2.24, 2.45) is 4.99 Å². The number of rotatable bonds is 7. The van der Waals surface area contributed by atoms with E-state index in [0.29, 0.717) is 12.3 Å². The van der Waals surface area contributed by atoms with Gasteiger partial charge in [0.1, 0.15) is 0 Å². The number of aromatic nitrogens is 1. The van der Waals surface area contributed by atoms with Crippen LogP contribution in [0.1, 0.15) is 13.0 Å². The van der Waals surface area contributed by atoms with E-state index in [4.69, 9.17) is 9.73 Å². The summed E-state index contributed by atoms with van der Waals surface area (Å²) in [5.74, 6) is 0. The van der Waals surface area contributed by atoms with Crippen molar-refractivity contribution >= 4 is 38.4 Å². The molecule has 0 radical (unpaired) electrons. The molecular weight excluding hydrogens is 414 g/mol. The van der Waals surface area contributed by atoms with Gasteiger partial charge in [0.05, 0.1) is 33.8 Å². The van der Waals surface area contributed by atoms with Crippen molar-refractivity contribution in [3.63, 3.8) is 0 Å². The fourth-order valence-corrected chi connectivity index (χ4v) is 5.55. The molecule has 0 amide bonds. The van der Waals surface area contributed by atoms with Crippen LogP contribution in [0.25, 0.3) is 10.6 Å². The highest BCUT2D eigenvalue weighted by Crippen LogP contribution is 2.28. The fourth-order valence-electron chi connectivity index (χ4n) is 2.78. The standard InChI is InChI=1S/C19H23N3O3S3/c1-14(12-25-4)22-17(18-9-6-10-26-18)13-27-19(22)20-15-7-5-8-16(11-15)28(23,24)21(2)3/h5-11,13-14H,12H2,1-4H3. The van der Waals surface area contributed by atoms with Crippen molar-refractivity contribution in [1.82, 2.24) is 8.87 Å². The normalized spacial score (nSPS) is 14.0. The second-order valence-corrected chi connectivity index (χ2v) is 10.4. The van der Waals surface area contributed by atoms with Crippen LogP contribution in [0, 0.1) is 0 Å². The molecule has 28 heavy (non-hydrogen) atoms. The SMILES string of the molecule is COCC(C)n1c(-c2cccs2)csc1=Nc1cccc(S(=O)(=O)N(C)C)c1. The van der Waals surface area contributed by atoms with Crippen LogP contribution < -0.4 is 4.80 Å². The molecule has 3 aromatic rings. The Morgan fingerprint density at radius 3 is 2.64 bits per heavy atom. The van der Waals surface area contributed by atoms with Gasteiger partial charge in [-0.1, -0.05) is 12.1 Å². The molecule has 1 aromatic carbocycles. The number of hydrogen-bond acceptors (Lipinski definition) is 6. The molecule has 0 N–H and O–H groups in total. The van der Waals surface area contributed by atoms with E-state index >= 15 is 0 Å². The summed E-state index contributed by atoms with van der Waals surface area (Å²) in [6, 6.07) is 10.9. The minimum atomic E-state index is -3.51. The van der Waals surface area contributed by atoms with E-state index in [1.54, 1.807) is 36.6 Å². The smallest absolute Gasteiger partial charge is 0.242 e. The Bertz CT molecular complexity index is 1100. The zero-order valence-corrected chi connectivity index (χ0v) is 18.6. The average Bonchev–Trinajstić information content (AvgIpc) is 3.31. The predicted molar refractivity (Wildman–Crippen MR) is 115 cm³/mol. The van der Waals surface area contributed by atoms with Crippen molar-refractivity contribution in [3.8, 4) is 10.6 Å². The van der Waals surface area contributed by atoms with Crippen LogP contribution in [0.15, 0.2) is 57.0 Å². The van der Waals surface area contributed by atoms with E-state index in [1.165, 1.54) is 29.7 Å². The van der Waals surface area contributed by atoms with Gasteiger partial charge in [-0.05, 0) is 36.6 Å². The van der Waals surface area contributed by atoms with Crippen LogP contribution in [-0.2, 0) is 14.8 Å². The minimum absolute atomic E-state index is 0.0841. The topological polar surface area (TPSA) is 63.9 Å². The van der Waals surface area contributed by atoms with Gasteiger partial charge in [-0.3, -0.25) is 0 Å². The summed E-state index contributed by atoms with van der Waals surface area (Å²) in [6.07, 6.45) is 0. The van der Waals surface area contributed by atoms with E-state index in [0.717, 1.165) is 15.4 Å². The molecule has 0 spiro atoms. The highest BCUT2D eigenvalue weighted by Gasteiger charge is 2.18. The number of ether oxygens (including phenoxy) is 1. The maximum absolute atomic E-state index is 12.4. The van der Waals surface area contributed by atoms with Crippen molar-refractivity contribution in [2.75, 3.05) is 27.8 Å². The molecule has 2 heterocycles. The van der Waals surface area contributed by atoms with Gasteiger partial charge < -0.3 is 9.30 Å². The molecule has 0 aliphatic rings. The molecule has 2 aromatic heterocycles. The van der Waals surface area contributed by atoms with Crippen LogP contribution in [0.5, 0.6) is 0 Å². The molecule has 6 nitrogen and oxygen atoms in total. The Morgan fingerprint density at radius 2 is 2.00 bits per heavy atom. The van der Waals surface area contributed by atoms with Gasteiger partial charge in [-0.15, -0.1) is 22.7 Å². The molecule has 0 fully saturated rings. The number of nitrogens with zero attached hydrogens (tertiary/aromatic N) is 3. The Morgan fingerprint density at radius 1 is 1.21 bits per heavy atom. The van der Waals surface area contributed by atoms with Gasteiger partial charge in [0, 0.05) is 26.6 Å². The first-order chi connectivity index (χ1) is 13.3. The first-order valence-corrected chi connectivity index (χ1v) is 11.8. The maximum atomic E-state index is 12.4. The van der Waals surface area contributed by atoms with Gasteiger partial charge >= 0.3 is 0 Å².